The molecule has 1 amide bonds. The van der Waals surface area contributed by atoms with Gasteiger partial charge in [0.1, 0.15) is 11.6 Å². The number of nitrogens with one attached hydrogen (secondary N) is 2. The number of aliphatic imine (C=N–C) groups is 1. The number of nitrogens with zero attached hydrogens (tertiary/aromatic N) is 1. The Morgan fingerprint density at radius 1 is 1.09 bits per heavy atom. The van der Waals surface area contributed by atoms with Gasteiger partial charge in [0.2, 0.25) is 0 Å². The average Bonchev–Trinajstić information content (AvgIpc) is 3.10. The van der Waals surface area contributed by atoms with Crippen LogP contribution >= 0.6 is 0 Å². The van der Waals surface area contributed by atoms with Crippen LogP contribution in [0.3, 0.4) is 0 Å². The standard InChI is InChI=1S/C24H27N3O6S/c1-32-20-12-9-18(10-13-20)11-14-24(29)33-17-23(28)26-19-6-5-7-21(16-19)34(30,31)27-22-8-3-2-4-15-25-22/h5-7,9-14,16H,2-4,8,15,17H2,1H3,(H,25,27)(H,26,28)/b14-11+. The van der Waals surface area contributed by atoms with Gasteiger partial charge in [0.15, 0.2) is 6.61 Å². The third-order valence-corrected chi connectivity index (χ3v) is 6.31. The van der Waals surface area contributed by atoms with E-state index in [1.165, 1.54) is 24.3 Å². The van der Waals surface area contributed by atoms with Gasteiger partial charge < -0.3 is 14.8 Å². The molecule has 0 atom stereocenters. The van der Waals surface area contributed by atoms with E-state index in [1.807, 2.05) is 0 Å². The normalized spacial score (nSPS) is 14.1. The molecule has 0 bridgehead atoms. The molecule has 2 N–H and O–H groups in total. The fourth-order valence-electron chi connectivity index (χ4n) is 3.17. The molecular weight excluding hydrogens is 458 g/mol. The van der Waals surface area contributed by atoms with E-state index in [4.69, 9.17) is 9.47 Å². The van der Waals surface area contributed by atoms with Crippen molar-refractivity contribution in [1.29, 1.82) is 0 Å². The highest BCUT2D eigenvalue weighted by Crippen LogP contribution is 2.17. The third-order valence-electron chi connectivity index (χ3n) is 4.93. The maximum atomic E-state index is 12.7. The van der Waals surface area contributed by atoms with Crippen LogP contribution in [-0.4, -0.2) is 46.4 Å². The molecule has 2 aromatic carbocycles. The maximum Gasteiger partial charge on any atom is 0.331 e. The Bertz CT molecular complexity index is 1170. The molecule has 10 heteroatoms. The van der Waals surface area contributed by atoms with Crippen molar-refractivity contribution in [2.45, 2.75) is 30.6 Å². The molecule has 0 spiro atoms. The van der Waals surface area contributed by atoms with E-state index in [9.17, 15) is 18.0 Å². The second-order valence-corrected chi connectivity index (χ2v) is 9.22. The summed E-state index contributed by atoms with van der Waals surface area (Å²) in [6.07, 6.45) is 6.18. The third kappa shape index (κ3) is 7.73. The highest BCUT2D eigenvalue weighted by molar-refractivity contribution is 7.90. The molecule has 1 aliphatic heterocycles. The lowest BCUT2D eigenvalue weighted by molar-refractivity contribution is -0.142. The molecule has 180 valence electrons. The largest absolute Gasteiger partial charge is 0.497 e. The number of amides is 1. The first kappa shape index (κ1) is 25.0. The number of esters is 1. The Hall–Kier alpha value is -3.66. The number of hydrogen-bond acceptors (Lipinski definition) is 7. The summed E-state index contributed by atoms with van der Waals surface area (Å²) in [4.78, 5) is 28.3. The van der Waals surface area contributed by atoms with Gasteiger partial charge in [-0.1, -0.05) is 24.6 Å². The van der Waals surface area contributed by atoms with E-state index in [1.54, 1.807) is 43.5 Å². The number of anilines is 1. The first-order valence-electron chi connectivity index (χ1n) is 10.8. The van der Waals surface area contributed by atoms with Crippen LogP contribution in [0.5, 0.6) is 5.75 Å². The van der Waals surface area contributed by atoms with Gasteiger partial charge in [-0.2, -0.15) is 0 Å². The fourth-order valence-corrected chi connectivity index (χ4v) is 4.31. The van der Waals surface area contributed by atoms with Crippen molar-refractivity contribution in [2.24, 2.45) is 4.99 Å². The zero-order valence-corrected chi connectivity index (χ0v) is 19.6. The molecule has 1 heterocycles. The Morgan fingerprint density at radius 3 is 2.65 bits per heavy atom. The lowest BCUT2D eigenvalue weighted by Crippen LogP contribution is -2.30. The molecule has 1 aliphatic rings. The quantitative estimate of drug-likeness (QED) is 0.437. The van der Waals surface area contributed by atoms with E-state index < -0.39 is 28.5 Å². The summed E-state index contributed by atoms with van der Waals surface area (Å²) in [5.41, 5.74) is 1.03. The maximum absolute atomic E-state index is 12.7. The molecule has 34 heavy (non-hydrogen) atoms. The number of rotatable bonds is 8. The van der Waals surface area contributed by atoms with Crippen molar-refractivity contribution >= 4 is 39.5 Å². The van der Waals surface area contributed by atoms with Crippen LogP contribution in [0.2, 0.25) is 0 Å². The highest BCUT2D eigenvalue weighted by atomic mass is 32.2. The number of benzene rings is 2. The van der Waals surface area contributed by atoms with Crippen LogP contribution in [0.25, 0.3) is 6.08 Å². The lowest BCUT2D eigenvalue weighted by atomic mass is 10.2. The summed E-state index contributed by atoms with van der Waals surface area (Å²) in [7, 11) is -2.27. The summed E-state index contributed by atoms with van der Waals surface area (Å²) < 4.78 is 37.9. The predicted octanol–water partition coefficient (Wildman–Crippen LogP) is 3.14. The minimum atomic E-state index is -3.83. The van der Waals surface area contributed by atoms with Gasteiger partial charge in [0.05, 0.1) is 12.0 Å². The van der Waals surface area contributed by atoms with Crippen LogP contribution in [0, 0.1) is 0 Å². The number of carbonyl (C=O) groups excluding carboxylic acids is 2. The van der Waals surface area contributed by atoms with Gasteiger partial charge in [-0.15, -0.1) is 0 Å². The number of carbonyl (C=O) groups is 2. The fraction of sp³-hybridized carbons (Fsp3) is 0.292. The Labute approximate surface area is 198 Å². The minimum Gasteiger partial charge on any atom is -0.497 e. The lowest BCUT2D eigenvalue weighted by Gasteiger charge is -2.11. The van der Waals surface area contributed by atoms with Gasteiger partial charge in [0, 0.05) is 24.7 Å². The van der Waals surface area contributed by atoms with Crippen molar-refractivity contribution in [2.75, 3.05) is 25.6 Å². The van der Waals surface area contributed by atoms with E-state index in [0.717, 1.165) is 24.8 Å². The second-order valence-electron chi connectivity index (χ2n) is 7.53. The second kappa shape index (κ2) is 12.0. The van der Waals surface area contributed by atoms with Crippen LogP contribution in [0.1, 0.15) is 31.2 Å². The molecule has 0 saturated heterocycles. The highest BCUT2D eigenvalue weighted by Gasteiger charge is 2.18. The van der Waals surface area contributed by atoms with E-state index in [2.05, 4.69) is 15.0 Å². The Morgan fingerprint density at radius 2 is 1.88 bits per heavy atom. The summed E-state index contributed by atoms with van der Waals surface area (Å²) in [5, 5.41) is 2.53. The molecule has 0 unspecified atom stereocenters. The average molecular weight is 486 g/mol. The molecule has 0 saturated carbocycles. The number of methoxy groups -OCH3 is 1. The smallest absolute Gasteiger partial charge is 0.331 e. The summed E-state index contributed by atoms with van der Waals surface area (Å²) in [6.45, 7) is 0.0831. The van der Waals surface area contributed by atoms with Crippen LogP contribution in [-0.2, 0) is 24.3 Å². The van der Waals surface area contributed by atoms with E-state index in [0.29, 0.717) is 24.6 Å². The number of hydrogen-bond donors (Lipinski definition) is 2. The van der Waals surface area contributed by atoms with Crippen molar-refractivity contribution in [1.82, 2.24) is 4.72 Å². The predicted molar refractivity (Wildman–Crippen MR) is 129 cm³/mol. The van der Waals surface area contributed by atoms with Gasteiger partial charge in [-0.25, -0.2) is 13.2 Å². The molecule has 9 nitrogen and oxygen atoms in total. The first-order chi connectivity index (χ1) is 16.4. The SMILES string of the molecule is COc1ccc(/C=C/C(=O)OCC(=O)Nc2cccc(S(=O)(=O)NC3=NCCCCC3)c2)cc1. The van der Waals surface area contributed by atoms with Crippen molar-refractivity contribution < 1.29 is 27.5 Å². The molecule has 0 fully saturated rings. The number of ether oxygens (including phenoxy) is 2. The van der Waals surface area contributed by atoms with E-state index in [-0.39, 0.29) is 10.6 Å². The minimum absolute atomic E-state index is 0.00309. The zero-order chi connectivity index (χ0) is 24.4. The molecule has 3 rings (SSSR count). The molecule has 0 radical (unpaired) electrons. The van der Waals surface area contributed by atoms with E-state index >= 15 is 0 Å². The monoisotopic (exact) mass is 485 g/mol. The van der Waals surface area contributed by atoms with Gasteiger partial charge in [-0.3, -0.25) is 14.5 Å². The Kier molecular flexibility index (Phi) is 8.80. The van der Waals surface area contributed by atoms with Crippen LogP contribution in [0.15, 0.2) is 64.5 Å². The molecule has 0 aliphatic carbocycles. The zero-order valence-electron chi connectivity index (χ0n) is 18.8. The molecule has 0 aromatic heterocycles. The van der Waals surface area contributed by atoms with Gasteiger partial charge in [0.25, 0.3) is 15.9 Å². The van der Waals surface area contributed by atoms with Crippen molar-refractivity contribution in [3.05, 3.63) is 60.2 Å². The first-order valence-corrected chi connectivity index (χ1v) is 12.3. The summed E-state index contributed by atoms with van der Waals surface area (Å²) >= 11 is 0. The van der Waals surface area contributed by atoms with Crippen molar-refractivity contribution in [3.63, 3.8) is 0 Å². The van der Waals surface area contributed by atoms with Crippen molar-refractivity contribution in [3.8, 4) is 5.75 Å². The Balaban J connectivity index is 1.52. The van der Waals surface area contributed by atoms with Gasteiger partial charge in [-0.05, 0) is 54.8 Å². The van der Waals surface area contributed by atoms with Crippen LogP contribution < -0.4 is 14.8 Å². The molecular formula is C24H27N3O6S. The topological polar surface area (TPSA) is 123 Å². The summed E-state index contributed by atoms with van der Waals surface area (Å²) in [5.74, 6) is -0.138. The number of amidine groups is 1. The number of sulfonamides is 1. The molecule has 2 aromatic rings. The summed E-state index contributed by atoms with van der Waals surface area (Å²) in [6, 6.07) is 12.9. The van der Waals surface area contributed by atoms with Gasteiger partial charge >= 0.3 is 5.97 Å². The van der Waals surface area contributed by atoms with Crippen LogP contribution in [0.4, 0.5) is 5.69 Å².